The zero-order valence-corrected chi connectivity index (χ0v) is 6.22. The quantitative estimate of drug-likeness (QED) is 0.547. The van der Waals surface area contributed by atoms with Gasteiger partial charge in [-0.3, -0.25) is 9.59 Å². The predicted octanol–water partition coefficient (Wildman–Crippen LogP) is -1.04. The van der Waals surface area contributed by atoms with Crippen molar-refractivity contribution in [1.82, 2.24) is 10.6 Å². The van der Waals surface area contributed by atoms with Gasteiger partial charge in [-0.2, -0.15) is 0 Å². The molecule has 1 rings (SSSR count). The van der Waals surface area contributed by atoms with Crippen molar-refractivity contribution in [2.75, 3.05) is 13.1 Å². The van der Waals surface area contributed by atoms with E-state index >= 15 is 0 Å². The first-order valence-corrected chi connectivity index (χ1v) is 3.70. The molecule has 2 N–H and O–H groups in total. The summed E-state index contributed by atoms with van der Waals surface area (Å²) in [4.78, 5) is 20.8. The van der Waals surface area contributed by atoms with Crippen molar-refractivity contribution in [3.05, 3.63) is 0 Å². The molecule has 11 heavy (non-hydrogen) atoms. The fraction of sp³-hybridized carbons (Fsp3) is 0.714. The van der Waals surface area contributed by atoms with E-state index in [0.29, 0.717) is 0 Å². The van der Waals surface area contributed by atoms with Gasteiger partial charge in [0.1, 0.15) is 0 Å². The first-order valence-electron chi connectivity index (χ1n) is 3.70. The standard InChI is InChI=1S/C7H11N2O2/c10-5-4-9-7(11)6-2-1-3-8-6/h6,8H,1-4H2,(H,9,11). The van der Waals surface area contributed by atoms with E-state index in [-0.39, 0.29) is 18.5 Å². The molecule has 1 amide bonds. The van der Waals surface area contributed by atoms with Gasteiger partial charge in [-0.05, 0) is 19.4 Å². The van der Waals surface area contributed by atoms with Gasteiger partial charge in [-0.1, -0.05) is 0 Å². The molecule has 1 fully saturated rings. The van der Waals surface area contributed by atoms with Crippen molar-refractivity contribution in [2.45, 2.75) is 18.9 Å². The van der Waals surface area contributed by atoms with E-state index < -0.39 is 0 Å². The molecule has 4 nitrogen and oxygen atoms in total. The maximum atomic E-state index is 11.1. The molecular weight excluding hydrogens is 144 g/mol. The highest BCUT2D eigenvalue weighted by atomic mass is 16.2. The number of nitrogens with one attached hydrogen (secondary N) is 2. The minimum atomic E-state index is -0.0941. The van der Waals surface area contributed by atoms with Gasteiger partial charge >= 0.3 is 0 Å². The highest BCUT2D eigenvalue weighted by Crippen LogP contribution is 2.03. The SMILES string of the molecule is O=[C]CNC(=O)C1CCCN1. The molecule has 1 unspecified atom stereocenters. The molecule has 0 spiro atoms. The van der Waals surface area contributed by atoms with E-state index in [1.165, 1.54) is 0 Å². The van der Waals surface area contributed by atoms with Crippen LogP contribution in [-0.2, 0) is 9.59 Å². The summed E-state index contributed by atoms with van der Waals surface area (Å²) in [5, 5.41) is 5.47. The van der Waals surface area contributed by atoms with Gasteiger partial charge in [0.15, 0.2) is 0 Å². The molecule has 61 valence electrons. The van der Waals surface area contributed by atoms with Crippen LogP contribution in [0.2, 0.25) is 0 Å². The van der Waals surface area contributed by atoms with Gasteiger partial charge in [-0.25, -0.2) is 0 Å². The number of hydrogen-bond acceptors (Lipinski definition) is 3. The third-order valence-electron chi connectivity index (χ3n) is 1.71. The van der Waals surface area contributed by atoms with Crippen LogP contribution in [0.1, 0.15) is 12.8 Å². The average molecular weight is 155 g/mol. The fourth-order valence-electron chi connectivity index (χ4n) is 1.15. The summed E-state index contributed by atoms with van der Waals surface area (Å²) in [5.41, 5.74) is 0. The smallest absolute Gasteiger partial charge is 0.237 e. The van der Waals surface area contributed by atoms with E-state index in [9.17, 15) is 9.59 Å². The number of carbonyl (C=O) groups is 1. The van der Waals surface area contributed by atoms with Crippen molar-refractivity contribution in [3.63, 3.8) is 0 Å². The Balaban J connectivity index is 2.22. The summed E-state index contributed by atoms with van der Waals surface area (Å²) in [7, 11) is 0. The molecule has 1 atom stereocenters. The van der Waals surface area contributed by atoms with Crippen LogP contribution in [0.4, 0.5) is 0 Å². The lowest BCUT2D eigenvalue weighted by Gasteiger charge is -2.07. The summed E-state index contributed by atoms with van der Waals surface area (Å²) in [6.07, 6.45) is 3.51. The van der Waals surface area contributed by atoms with Gasteiger partial charge in [0.05, 0.1) is 12.6 Å². The maximum Gasteiger partial charge on any atom is 0.237 e. The highest BCUT2D eigenvalue weighted by molar-refractivity contribution is 5.83. The predicted molar refractivity (Wildman–Crippen MR) is 39.7 cm³/mol. The summed E-state index contributed by atoms with van der Waals surface area (Å²) < 4.78 is 0. The number of carbonyl (C=O) groups excluding carboxylic acids is 2. The minimum Gasteiger partial charge on any atom is -0.347 e. The van der Waals surface area contributed by atoms with Crippen molar-refractivity contribution in [1.29, 1.82) is 0 Å². The normalized spacial score (nSPS) is 23.1. The van der Waals surface area contributed by atoms with E-state index in [1.807, 2.05) is 0 Å². The molecule has 1 radical (unpaired) electrons. The van der Waals surface area contributed by atoms with Crippen LogP contribution in [0.5, 0.6) is 0 Å². The van der Waals surface area contributed by atoms with E-state index in [1.54, 1.807) is 6.29 Å². The Morgan fingerprint density at radius 3 is 3.09 bits per heavy atom. The van der Waals surface area contributed by atoms with Crippen molar-refractivity contribution in [3.8, 4) is 0 Å². The van der Waals surface area contributed by atoms with E-state index in [0.717, 1.165) is 19.4 Å². The molecular formula is C7H11N2O2. The first-order chi connectivity index (χ1) is 5.34. The highest BCUT2D eigenvalue weighted by Gasteiger charge is 2.20. The lowest BCUT2D eigenvalue weighted by Crippen LogP contribution is -2.40. The second kappa shape index (κ2) is 4.08. The Kier molecular flexibility index (Phi) is 3.04. The Hall–Kier alpha value is -0.900. The first kappa shape index (κ1) is 8.20. The Morgan fingerprint density at radius 2 is 2.55 bits per heavy atom. The van der Waals surface area contributed by atoms with Crippen LogP contribution in [0.25, 0.3) is 0 Å². The molecule has 0 saturated carbocycles. The molecule has 1 saturated heterocycles. The molecule has 1 heterocycles. The van der Waals surface area contributed by atoms with Crippen molar-refractivity contribution < 1.29 is 9.59 Å². The molecule has 4 heteroatoms. The topological polar surface area (TPSA) is 58.2 Å². The summed E-state index contributed by atoms with van der Waals surface area (Å²) >= 11 is 0. The van der Waals surface area contributed by atoms with Crippen LogP contribution in [-0.4, -0.2) is 31.3 Å². The summed E-state index contributed by atoms with van der Waals surface area (Å²) in [5.74, 6) is -0.0918. The third-order valence-corrected chi connectivity index (χ3v) is 1.71. The maximum absolute atomic E-state index is 11.1. The molecule has 0 aromatic rings. The largest absolute Gasteiger partial charge is 0.347 e. The monoisotopic (exact) mass is 155 g/mol. The summed E-state index contributed by atoms with van der Waals surface area (Å²) in [6.45, 7) is 0.889. The third kappa shape index (κ3) is 2.31. The summed E-state index contributed by atoms with van der Waals surface area (Å²) in [6, 6.07) is -0.0941. The average Bonchev–Trinajstić information content (AvgIpc) is 2.52. The zero-order valence-electron chi connectivity index (χ0n) is 6.22. The number of amides is 1. The minimum absolute atomic E-state index is 0.00296. The van der Waals surface area contributed by atoms with E-state index in [4.69, 9.17) is 0 Å². The Labute approximate surface area is 65.3 Å². The van der Waals surface area contributed by atoms with Crippen molar-refractivity contribution >= 4 is 12.2 Å². The van der Waals surface area contributed by atoms with Crippen LogP contribution in [0.15, 0.2) is 0 Å². The van der Waals surface area contributed by atoms with Gasteiger partial charge in [0.2, 0.25) is 12.2 Å². The lowest BCUT2D eigenvalue weighted by atomic mass is 10.2. The second-order valence-electron chi connectivity index (χ2n) is 2.51. The Morgan fingerprint density at radius 1 is 1.73 bits per heavy atom. The van der Waals surface area contributed by atoms with Gasteiger partial charge in [-0.15, -0.1) is 0 Å². The Bertz CT molecular complexity index is 153. The number of rotatable bonds is 3. The molecule has 0 aliphatic carbocycles. The van der Waals surface area contributed by atoms with Crippen LogP contribution < -0.4 is 10.6 Å². The van der Waals surface area contributed by atoms with Gasteiger partial charge in [0.25, 0.3) is 0 Å². The van der Waals surface area contributed by atoms with Gasteiger partial charge in [0, 0.05) is 0 Å². The second-order valence-corrected chi connectivity index (χ2v) is 2.51. The van der Waals surface area contributed by atoms with Crippen LogP contribution in [0, 0.1) is 0 Å². The molecule has 1 aliphatic heterocycles. The number of hydrogen-bond donors (Lipinski definition) is 2. The molecule has 0 aromatic heterocycles. The lowest BCUT2D eigenvalue weighted by molar-refractivity contribution is -0.122. The molecule has 0 aromatic carbocycles. The van der Waals surface area contributed by atoms with E-state index in [2.05, 4.69) is 10.6 Å². The van der Waals surface area contributed by atoms with Gasteiger partial charge < -0.3 is 10.6 Å². The fourth-order valence-corrected chi connectivity index (χ4v) is 1.15. The van der Waals surface area contributed by atoms with Crippen LogP contribution in [0.3, 0.4) is 0 Å². The molecule has 1 aliphatic rings. The van der Waals surface area contributed by atoms with Crippen molar-refractivity contribution in [2.24, 2.45) is 0 Å². The zero-order chi connectivity index (χ0) is 8.10. The van der Waals surface area contributed by atoms with Crippen LogP contribution >= 0.6 is 0 Å². The molecule has 0 bridgehead atoms.